The molecule has 1 heterocycles. The van der Waals surface area contributed by atoms with Crippen molar-refractivity contribution in [3.8, 4) is 11.5 Å². The second-order valence-corrected chi connectivity index (χ2v) is 7.28. The zero-order chi connectivity index (χ0) is 21.9. The van der Waals surface area contributed by atoms with E-state index in [2.05, 4.69) is 5.32 Å². The molecule has 9 nitrogen and oxygen atoms in total. The number of nitrogen functional groups attached to an aromatic ring is 1. The predicted octanol–water partition coefficient (Wildman–Crippen LogP) is 1.75. The van der Waals surface area contributed by atoms with E-state index in [0.717, 1.165) is 4.57 Å². The van der Waals surface area contributed by atoms with Crippen LogP contribution in [-0.4, -0.2) is 35.7 Å². The van der Waals surface area contributed by atoms with Crippen molar-refractivity contribution in [2.45, 2.75) is 20.4 Å². The van der Waals surface area contributed by atoms with Gasteiger partial charge in [0.25, 0.3) is 5.56 Å². The van der Waals surface area contributed by atoms with Crippen LogP contribution in [0, 0.1) is 5.92 Å². The number of nitrogens with two attached hydrogens (primary N) is 1. The van der Waals surface area contributed by atoms with Gasteiger partial charge in [0.1, 0.15) is 22.9 Å². The van der Waals surface area contributed by atoms with Gasteiger partial charge in [-0.3, -0.25) is 18.7 Å². The quantitative estimate of drug-likeness (QED) is 0.620. The highest BCUT2D eigenvalue weighted by molar-refractivity contribution is 6.32. The number of aromatic nitrogens is 2. The molecule has 2 rings (SSSR count). The number of rotatable bonds is 8. The highest BCUT2D eigenvalue weighted by atomic mass is 35.5. The lowest BCUT2D eigenvalue weighted by molar-refractivity contribution is 0.100. The number of Topliss-reactive ketones (excluding diaryl/α,β-unsaturated/α-hetero) is 1. The highest BCUT2D eigenvalue weighted by Gasteiger charge is 2.22. The molecule has 3 N–H and O–H groups in total. The Morgan fingerprint density at radius 3 is 2.38 bits per heavy atom. The van der Waals surface area contributed by atoms with Gasteiger partial charge in [-0.05, 0) is 5.92 Å². The lowest BCUT2D eigenvalue weighted by atomic mass is 10.1. The summed E-state index contributed by atoms with van der Waals surface area (Å²) in [4.78, 5) is 37.7. The molecule has 0 radical (unpaired) electrons. The van der Waals surface area contributed by atoms with Crippen molar-refractivity contribution < 1.29 is 14.3 Å². The lowest BCUT2D eigenvalue weighted by Gasteiger charge is -2.17. The van der Waals surface area contributed by atoms with Crippen molar-refractivity contribution in [3.05, 3.63) is 43.6 Å². The number of anilines is 2. The van der Waals surface area contributed by atoms with Crippen LogP contribution >= 0.6 is 11.6 Å². The molecular formula is C19H25ClN4O5. The fraction of sp³-hybridized carbons (Fsp3) is 0.421. The normalized spacial score (nSPS) is 10.9. The number of ketones is 1. The molecule has 0 aliphatic rings. The summed E-state index contributed by atoms with van der Waals surface area (Å²) in [6.07, 6.45) is 0. The minimum Gasteiger partial charge on any atom is -0.495 e. The molecule has 0 saturated carbocycles. The number of methoxy groups -OCH3 is 2. The summed E-state index contributed by atoms with van der Waals surface area (Å²) < 4.78 is 12.6. The maximum Gasteiger partial charge on any atom is 0.332 e. The Morgan fingerprint density at radius 1 is 1.21 bits per heavy atom. The van der Waals surface area contributed by atoms with E-state index < -0.39 is 17.0 Å². The summed E-state index contributed by atoms with van der Waals surface area (Å²) >= 11 is 6.08. The van der Waals surface area contributed by atoms with Gasteiger partial charge in [0.2, 0.25) is 0 Å². The largest absolute Gasteiger partial charge is 0.495 e. The number of ether oxygens (including phenoxy) is 2. The number of halogens is 1. The standard InChI is InChI=1S/C19H25ClN4O5/c1-10(2)9-24-17(21)16(18(26)23(3)19(24)27)13(25)8-22-12-7-14(28-4)11(20)6-15(12)29-5/h6-7,10,22H,8-9,21H2,1-5H3. The minimum atomic E-state index is -0.736. The number of benzene rings is 1. The van der Waals surface area contributed by atoms with Gasteiger partial charge >= 0.3 is 5.69 Å². The smallest absolute Gasteiger partial charge is 0.332 e. The molecule has 0 aliphatic heterocycles. The van der Waals surface area contributed by atoms with Crippen molar-refractivity contribution in [1.29, 1.82) is 0 Å². The highest BCUT2D eigenvalue weighted by Crippen LogP contribution is 2.35. The second kappa shape index (κ2) is 9.04. The van der Waals surface area contributed by atoms with Crippen LogP contribution in [0.5, 0.6) is 11.5 Å². The third-order valence-corrected chi connectivity index (χ3v) is 4.62. The van der Waals surface area contributed by atoms with Crippen LogP contribution in [0.25, 0.3) is 0 Å². The zero-order valence-electron chi connectivity index (χ0n) is 17.0. The first-order chi connectivity index (χ1) is 13.6. The summed E-state index contributed by atoms with van der Waals surface area (Å²) in [6.45, 7) is 3.84. The van der Waals surface area contributed by atoms with Gasteiger partial charge in [0.15, 0.2) is 5.78 Å². The van der Waals surface area contributed by atoms with E-state index in [0.29, 0.717) is 22.2 Å². The van der Waals surface area contributed by atoms with Crippen LogP contribution in [0.2, 0.25) is 5.02 Å². The van der Waals surface area contributed by atoms with E-state index in [4.69, 9.17) is 26.8 Å². The van der Waals surface area contributed by atoms with Crippen LogP contribution in [0.1, 0.15) is 24.2 Å². The van der Waals surface area contributed by atoms with E-state index in [1.165, 1.54) is 25.8 Å². The van der Waals surface area contributed by atoms with Gasteiger partial charge < -0.3 is 20.5 Å². The summed E-state index contributed by atoms with van der Waals surface area (Å²) in [7, 11) is 4.24. The molecule has 0 aliphatic carbocycles. The second-order valence-electron chi connectivity index (χ2n) is 6.88. The molecule has 1 aromatic heterocycles. The van der Waals surface area contributed by atoms with E-state index in [9.17, 15) is 14.4 Å². The molecule has 158 valence electrons. The van der Waals surface area contributed by atoms with E-state index in [-0.39, 0.29) is 30.4 Å². The first-order valence-electron chi connectivity index (χ1n) is 8.90. The Kier molecular flexibility index (Phi) is 6.97. The molecule has 29 heavy (non-hydrogen) atoms. The fourth-order valence-corrected chi connectivity index (χ4v) is 3.08. The van der Waals surface area contributed by atoms with Gasteiger partial charge in [0, 0.05) is 25.7 Å². The Morgan fingerprint density at radius 2 is 1.83 bits per heavy atom. The van der Waals surface area contributed by atoms with Gasteiger partial charge in [0.05, 0.1) is 31.5 Å². The Balaban J connectivity index is 2.41. The molecule has 2 aromatic rings. The van der Waals surface area contributed by atoms with Gasteiger partial charge in [-0.15, -0.1) is 0 Å². The Labute approximate surface area is 173 Å². The third kappa shape index (κ3) is 4.56. The number of nitrogens with one attached hydrogen (secondary N) is 1. The summed E-state index contributed by atoms with van der Waals surface area (Å²) in [6, 6.07) is 3.12. The average Bonchev–Trinajstić information content (AvgIpc) is 2.68. The molecule has 0 unspecified atom stereocenters. The molecule has 0 spiro atoms. The van der Waals surface area contributed by atoms with E-state index in [1.807, 2.05) is 13.8 Å². The maximum atomic E-state index is 12.8. The van der Waals surface area contributed by atoms with Gasteiger partial charge in [-0.2, -0.15) is 0 Å². The first kappa shape index (κ1) is 22.4. The number of nitrogens with zero attached hydrogens (tertiary/aromatic N) is 2. The summed E-state index contributed by atoms with van der Waals surface area (Å²) in [5, 5.41) is 3.26. The zero-order valence-corrected chi connectivity index (χ0v) is 17.8. The molecule has 0 fully saturated rings. The van der Waals surface area contributed by atoms with E-state index in [1.54, 1.807) is 12.1 Å². The molecule has 0 amide bonds. The maximum absolute atomic E-state index is 12.8. The molecule has 0 saturated heterocycles. The third-order valence-electron chi connectivity index (χ3n) is 4.32. The Hall–Kier alpha value is -2.94. The monoisotopic (exact) mass is 424 g/mol. The summed E-state index contributed by atoms with van der Waals surface area (Å²) in [5.74, 6) is 0.188. The minimum absolute atomic E-state index is 0.0966. The fourth-order valence-electron chi connectivity index (χ4n) is 2.85. The van der Waals surface area contributed by atoms with Crippen molar-refractivity contribution in [1.82, 2.24) is 9.13 Å². The van der Waals surface area contributed by atoms with Gasteiger partial charge in [-0.25, -0.2) is 4.79 Å². The molecule has 10 heteroatoms. The summed E-state index contributed by atoms with van der Waals surface area (Å²) in [5.41, 5.74) is 4.95. The average molecular weight is 425 g/mol. The van der Waals surface area contributed by atoms with Crippen molar-refractivity contribution >= 4 is 28.9 Å². The number of carbonyl (C=O) groups is 1. The van der Waals surface area contributed by atoms with Crippen LogP contribution in [0.4, 0.5) is 11.5 Å². The lowest BCUT2D eigenvalue weighted by Crippen LogP contribution is -2.43. The van der Waals surface area contributed by atoms with Crippen molar-refractivity contribution in [2.75, 3.05) is 31.8 Å². The number of hydrogen-bond donors (Lipinski definition) is 2. The van der Waals surface area contributed by atoms with Crippen LogP contribution in [0.15, 0.2) is 21.7 Å². The predicted molar refractivity (Wildman–Crippen MR) is 113 cm³/mol. The molecule has 0 bridgehead atoms. The van der Waals surface area contributed by atoms with Crippen LogP contribution < -0.4 is 31.8 Å². The topological polar surface area (TPSA) is 118 Å². The molecule has 0 atom stereocenters. The van der Waals surface area contributed by atoms with E-state index >= 15 is 0 Å². The van der Waals surface area contributed by atoms with Crippen molar-refractivity contribution in [3.63, 3.8) is 0 Å². The SMILES string of the molecule is COc1cc(NCC(=O)c2c(N)n(CC(C)C)c(=O)n(C)c2=O)c(OC)cc1Cl. The molecular weight excluding hydrogens is 400 g/mol. The van der Waals surface area contributed by atoms with Crippen LogP contribution in [0.3, 0.4) is 0 Å². The molecule has 1 aromatic carbocycles. The first-order valence-corrected chi connectivity index (χ1v) is 9.28. The number of hydrogen-bond acceptors (Lipinski definition) is 7. The Bertz CT molecular complexity index is 1040. The van der Waals surface area contributed by atoms with Crippen LogP contribution in [-0.2, 0) is 13.6 Å². The van der Waals surface area contributed by atoms with Crippen molar-refractivity contribution in [2.24, 2.45) is 13.0 Å². The number of carbonyl (C=O) groups excluding carboxylic acids is 1. The van der Waals surface area contributed by atoms with Gasteiger partial charge in [-0.1, -0.05) is 25.4 Å².